The van der Waals surface area contributed by atoms with E-state index in [0.29, 0.717) is 25.7 Å². The first-order chi connectivity index (χ1) is 18.8. The van der Waals surface area contributed by atoms with Gasteiger partial charge in [0.15, 0.2) is 23.0 Å². The van der Waals surface area contributed by atoms with Crippen molar-refractivity contribution < 1.29 is 28.4 Å². The lowest BCUT2D eigenvalue weighted by Gasteiger charge is -2.35. The molecule has 2 aromatic rings. The molecule has 38 heavy (non-hydrogen) atoms. The van der Waals surface area contributed by atoms with Crippen LogP contribution in [0.15, 0.2) is 24.3 Å². The van der Waals surface area contributed by atoms with Crippen molar-refractivity contribution in [3.8, 4) is 23.0 Å². The Labute approximate surface area is 224 Å². The Morgan fingerprint density at radius 3 is 1.42 bits per heavy atom. The van der Waals surface area contributed by atoms with Crippen molar-refractivity contribution in [3.05, 3.63) is 46.5 Å². The molecule has 2 saturated heterocycles. The molecule has 6 heterocycles. The lowest BCUT2D eigenvalue weighted by molar-refractivity contribution is 0.00879. The van der Waals surface area contributed by atoms with Crippen LogP contribution in [-0.2, 0) is 22.3 Å². The van der Waals surface area contributed by atoms with Gasteiger partial charge in [0.05, 0.1) is 25.4 Å². The molecular formula is C30H38N2O6. The van der Waals surface area contributed by atoms with E-state index < -0.39 is 0 Å². The standard InChI is InChI=1S/2C15H19NO3/c2*1-2-5-16-12(3-1)15-11-8-14-13(18-9-19-14)7-10(11)4-6-17-15/h2*7-8,12,15-16H,1-6,9H2/t12-,15+;12-,15-/m00/s1. The summed E-state index contributed by atoms with van der Waals surface area (Å²) >= 11 is 0. The monoisotopic (exact) mass is 522 g/mol. The van der Waals surface area contributed by atoms with Gasteiger partial charge in [-0.05, 0) is 98.1 Å². The van der Waals surface area contributed by atoms with Crippen molar-refractivity contribution in [2.45, 2.75) is 75.7 Å². The third-order valence-electron chi connectivity index (χ3n) is 8.65. The zero-order chi connectivity index (χ0) is 25.3. The van der Waals surface area contributed by atoms with Gasteiger partial charge in [0.2, 0.25) is 13.6 Å². The minimum atomic E-state index is 0.165. The molecular weight excluding hydrogens is 484 g/mol. The molecule has 0 bridgehead atoms. The van der Waals surface area contributed by atoms with Gasteiger partial charge in [0.1, 0.15) is 0 Å². The summed E-state index contributed by atoms with van der Waals surface area (Å²) in [5.74, 6) is 3.50. The van der Waals surface area contributed by atoms with E-state index in [0.717, 1.165) is 62.1 Å². The lowest BCUT2D eigenvalue weighted by atomic mass is 9.89. The van der Waals surface area contributed by atoms with Crippen molar-refractivity contribution in [1.29, 1.82) is 0 Å². The average Bonchev–Trinajstić information content (AvgIpc) is 3.64. The molecule has 0 saturated carbocycles. The summed E-state index contributed by atoms with van der Waals surface area (Å²) in [6.07, 6.45) is 9.78. The van der Waals surface area contributed by atoms with Gasteiger partial charge in [-0.25, -0.2) is 0 Å². The van der Waals surface area contributed by atoms with E-state index in [4.69, 9.17) is 28.4 Å². The Kier molecular flexibility index (Phi) is 7.05. The second kappa shape index (κ2) is 10.9. The fraction of sp³-hybridized carbons (Fsp3) is 0.600. The SMILES string of the molecule is c1c2c(cc3c1OCO3)[C@@H]([C@@H]1CCCCN1)OCC2.c1c2c(cc3c1OCO3)[C@H]([C@@H]1CCCCN1)OCC2. The van der Waals surface area contributed by atoms with Crippen LogP contribution in [0.4, 0.5) is 0 Å². The first-order valence-electron chi connectivity index (χ1n) is 14.4. The molecule has 2 fully saturated rings. The van der Waals surface area contributed by atoms with E-state index in [1.165, 1.54) is 60.8 Å². The number of hydrogen-bond donors (Lipinski definition) is 2. The summed E-state index contributed by atoms with van der Waals surface area (Å²) in [4.78, 5) is 0. The zero-order valence-electron chi connectivity index (χ0n) is 22.0. The van der Waals surface area contributed by atoms with Gasteiger partial charge in [-0.2, -0.15) is 0 Å². The summed E-state index contributed by atoms with van der Waals surface area (Å²) < 4.78 is 34.0. The van der Waals surface area contributed by atoms with Crippen molar-refractivity contribution in [2.24, 2.45) is 0 Å². The lowest BCUT2D eigenvalue weighted by Crippen LogP contribution is -2.41. The fourth-order valence-corrected chi connectivity index (χ4v) is 6.67. The topological polar surface area (TPSA) is 79.4 Å². The maximum Gasteiger partial charge on any atom is 0.231 e. The number of piperidine rings is 2. The summed E-state index contributed by atoms with van der Waals surface area (Å²) in [6, 6.07) is 9.39. The molecule has 0 amide bonds. The largest absolute Gasteiger partial charge is 0.454 e. The second-order valence-electron chi connectivity index (χ2n) is 11.0. The predicted molar refractivity (Wildman–Crippen MR) is 141 cm³/mol. The van der Waals surface area contributed by atoms with E-state index in [2.05, 4.69) is 34.9 Å². The van der Waals surface area contributed by atoms with E-state index in [-0.39, 0.29) is 12.2 Å². The minimum absolute atomic E-state index is 0.165. The highest BCUT2D eigenvalue weighted by Crippen LogP contribution is 2.42. The number of rotatable bonds is 2. The highest BCUT2D eigenvalue weighted by Gasteiger charge is 2.33. The van der Waals surface area contributed by atoms with Gasteiger partial charge < -0.3 is 39.1 Å². The number of ether oxygens (including phenoxy) is 6. The van der Waals surface area contributed by atoms with Crippen LogP contribution in [-0.4, -0.2) is 52.0 Å². The van der Waals surface area contributed by atoms with Crippen LogP contribution < -0.4 is 29.6 Å². The highest BCUT2D eigenvalue weighted by atomic mass is 16.7. The molecule has 8 heteroatoms. The van der Waals surface area contributed by atoms with Crippen molar-refractivity contribution in [3.63, 3.8) is 0 Å². The van der Waals surface area contributed by atoms with Gasteiger partial charge in [-0.1, -0.05) is 12.8 Å². The summed E-state index contributed by atoms with van der Waals surface area (Å²) in [5.41, 5.74) is 5.28. The Hall–Kier alpha value is -2.52. The summed E-state index contributed by atoms with van der Waals surface area (Å²) in [5, 5.41) is 7.20. The molecule has 0 spiro atoms. The van der Waals surface area contributed by atoms with Crippen LogP contribution in [0.2, 0.25) is 0 Å². The van der Waals surface area contributed by atoms with Crippen LogP contribution in [0.25, 0.3) is 0 Å². The Balaban J connectivity index is 0.000000127. The van der Waals surface area contributed by atoms with Crippen LogP contribution in [0.5, 0.6) is 23.0 Å². The molecule has 2 N–H and O–H groups in total. The van der Waals surface area contributed by atoms with E-state index in [1.807, 2.05) is 0 Å². The number of fused-ring (bicyclic) bond motifs is 4. The zero-order valence-corrected chi connectivity index (χ0v) is 22.0. The average molecular weight is 523 g/mol. The molecule has 204 valence electrons. The molecule has 0 unspecified atom stereocenters. The third-order valence-corrected chi connectivity index (χ3v) is 8.65. The Morgan fingerprint density at radius 1 is 0.553 bits per heavy atom. The predicted octanol–water partition coefficient (Wildman–Crippen LogP) is 4.34. The van der Waals surface area contributed by atoms with Gasteiger partial charge in [0, 0.05) is 12.1 Å². The maximum atomic E-state index is 6.04. The van der Waals surface area contributed by atoms with E-state index >= 15 is 0 Å². The molecule has 0 aliphatic carbocycles. The van der Waals surface area contributed by atoms with E-state index in [1.54, 1.807) is 0 Å². The van der Waals surface area contributed by atoms with Crippen LogP contribution in [0.1, 0.15) is 73.0 Å². The van der Waals surface area contributed by atoms with Crippen molar-refractivity contribution in [1.82, 2.24) is 10.6 Å². The summed E-state index contributed by atoms with van der Waals surface area (Å²) in [7, 11) is 0. The van der Waals surface area contributed by atoms with Gasteiger partial charge in [-0.15, -0.1) is 0 Å². The minimum Gasteiger partial charge on any atom is -0.454 e. The van der Waals surface area contributed by atoms with Gasteiger partial charge >= 0.3 is 0 Å². The van der Waals surface area contributed by atoms with Gasteiger partial charge in [-0.3, -0.25) is 0 Å². The molecule has 0 radical (unpaired) electrons. The molecule has 4 atom stereocenters. The first-order valence-corrected chi connectivity index (χ1v) is 14.4. The van der Waals surface area contributed by atoms with E-state index in [9.17, 15) is 0 Å². The Bertz CT molecular complexity index is 1050. The molecule has 2 aromatic carbocycles. The number of benzene rings is 2. The third kappa shape index (κ3) is 4.83. The molecule has 8 rings (SSSR count). The quantitative estimate of drug-likeness (QED) is 0.603. The fourth-order valence-electron chi connectivity index (χ4n) is 6.67. The van der Waals surface area contributed by atoms with Gasteiger partial charge in [0.25, 0.3) is 0 Å². The normalized spacial score (nSPS) is 29.1. The summed E-state index contributed by atoms with van der Waals surface area (Å²) in [6.45, 7) is 4.48. The molecule has 8 nitrogen and oxygen atoms in total. The first kappa shape index (κ1) is 24.5. The second-order valence-corrected chi connectivity index (χ2v) is 11.0. The highest BCUT2D eigenvalue weighted by molar-refractivity contribution is 5.51. The molecule has 6 aliphatic rings. The Morgan fingerprint density at radius 2 is 1.00 bits per heavy atom. The maximum absolute atomic E-state index is 6.04. The number of hydrogen-bond acceptors (Lipinski definition) is 8. The van der Waals surface area contributed by atoms with Crippen molar-refractivity contribution in [2.75, 3.05) is 39.9 Å². The molecule has 0 aromatic heterocycles. The van der Waals surface area contributed by atoms with Crippen LogP contribution >= 0.6 is 0 Å². The smallest absolute Gasteiger partial charge is 0.231 e. The number of nitrogens with one attached hydrogen (secondary N) is 2. The van der Waals surface area contributed by atoms with Crippen LogP contribution in [0.3, 0.4) is 0 Å². The van der Waals surface area contributed by atoms with Crippen molar-refractivity contribution >= 4 is 0 Å². The molecule has 6 aliphatic heterocycles. The van der Waals surface area contributed by atoms with Crippen LogP contribution in [0, 0.1) is 0 Å².